The van der Waals surface area contributed by atoms with Gasteiger partial charge in [0.2, 0.25) is 0 Å². The van der Waals surface area contributed by atoms with Crippen molar-refractivity contribution in [1.29, 1.82) is 0 Å². The monoisotopic (exact) mass is 408 g/mol. The van der Waals surface area contributed by atoms with Crippen LogP contribution in [0.1, 0.15) is 6.92 Å². The largest absolute Gasteiger partial charge is 0.497 e. The van der Waals surface area contributed by atoms with Gasteiger partial charge in [0, 0.05) is 37.6 Å². The van der Waals surface area contributed by atoms with E-state index in [1.54, 1.807) is 30.2 Å². The van der Waals surface area contributed by atoms with Crippen molar-refractivity contribution in [3.05, 3.63) is 40.4 Å². The molecule has 0 amide bonds. The van der Waals surface area contributed by atoms with Gasteiger partial charge in [-0.05, 0) is 43.4 Å². The smallest absolute Gasteiger partial charge is 0.181 e. The van der Waals surface area contributed by atoms with Gasteiger partial charge in [0.05, 0.1) is 13.8 Å². The Hall–Kier alpha value is -1.35. The lowest BCUT2D eigenvalue weighted by molar-refractivity contribution is 0.194. The third kappa shape index (κ3) is 5.09. The molecule has 26 heavy (non-hydrogen) atoms. The van der Waals surface area contributed by atoms with Gasteiger partial charge in [0.1, 0.15) is 5.75 Å². The van der Waals surface area contributed by atoms with Crippen LogP contribution in [-0.2, 0) is 6.67 Å². The highest BCUT2D eigenvalue weighted by Gasteiger charge is 2.18. The Morgan fingerprint density at radius 3 is 2.58 bits per heavy atom. The summed E-state index contributed by atoms with van der Waals surface area (Å²) in [6, 6.07) is 8.27. The van der Waals surface area contributed by atoms with Crippen LogP contribution in [-0.4, -0.2) is 53.7 Å². The minimum Gasteiger partial charge on any atom is -0.497 e. The molecule has 1 aromatic carbocycles. The van der Waals surface area contributed by atoms with E-state index in [1.165, 1.54) is 5.69 Å². The number of benzene rings is 1. The Bertz CT molecular complexity index is 792. The fraction of sp³-hybridized carbons (Fsp3) is 0.444. The molecule has 2 heterocycles. The van der Waals surface area contributed by atoms with Crippen molar-refractivity contribution in [1.82, 2.24) is 14.7 Å². The summed E-state index contributed by atoms with van der Waals surface area (Å²) >= 11 is 8.77. The SMILES string of the molecule is C=C(C)CSc1nn(CN2CCN(c3ccc(OC)cc3)CC2)c(=S)s1. The van der Waals surface area contributed by atoms with Crippen LogP contribution in [0.5, 0.6) is 5.75 Å². The standard InChI is InChI=1S/C18H24N4OS3/c1-14(2)12-25-17-19-22(18(24)26-17)13-20-8-10-21(11-9-20)15-4-6-16(23-3)7-5-15/h4-7H,1,8-13H2,2-3H3. The van der Waals surface area contributed by atoms with Gasteiger partial charge < -0.3 is 9.64 Å². The maximum absolute atomic E-state index is 5.48. The second-order valence-corrected chi connectivity index (χ2v) is 9.17. The summed E-state index contributed by atoms with van der Waals surface area (Å²) in [5.74, 6) is 1.79. The molecule has 5 nitrogen and oxygen atoms in total. The van der Waals surface area contributed by atoms with E-state index in [1.807, 2.05) is 23.7 Å². The third-order valence-electron chi connectivity index (χ3n) is 4.17. The fourth-order valence-electron chi connectivity index (χ4n) is 2.75. The maximum Gasteiger partial charge on any atom is 0.181 e. The molecule has 1 aromatic heterocycles. The first-order valence-corrected chi connectivity index (χ1v) is 10.7. The third-order valence-corrected chi connectivity index (χ3v) is 6.85. The maximum atomic E-state index is 5.48. The first-order chi connectivity index (χ1) is 12.5. The summed E-state index contributed by atoms with van der Waals surface area (Å²) in [4.78, 5) is 4.81. The molecule has 0 N–H and O–H groups in total. The van der Waals surface area contributed by atoms with E-state index < -0.39 is 0 Å². The predicted octanol–water partition coefficient (Wildman–Crippen LogP) is 4.13. The number of hydrogen-bond donors (Lipinski definition) is 0. The van der Waals surface area contributed by atoms with Crippen molar-refractivity contribution < 1.29 is 4.74 Å². The van der Waals surface area contributed by atoms with Crippen LogP contribution in [0, 0.1) is 3.95 Å². The number of thioether (sulfide) groups is 1. The molecule has 1 fully saturated rings. The van der Waals surface area contributed by atoms with Gasteiger partial charge in [-0.3, -0.25) is 4.90 Å². The van der Waals surface area contributed by atoms with Crippen LogP contribution in [0.4, 0.5) is 5.69 Å². The molecule has 0 radical (unpaired) electrons. The fourth-order valence-corrected chi connectivity index (χ4v) is 4.91. The molecule has 0 spiro atoms. The molecule has 0 atom stereocenters. The quantitative estimate of drug-likeness (QED) is 0.389. The van der Waals surface area contributed by atoms with Gasteiger partial charge in [0.25, 0.3) is 0 Å². The topological polar surface area (TPSA) is 33.5 Å². The van der Waals surface area contributed by atoms with Crippen molar-refractivity contribution in [2.24, 2.45) is 0 Å². The number of rotatable bonds is 7. The molecule has 0 bridgehead atoms. The number of aromatic nitrogens is 2. The molecular weight excluding hydrogens is 384 g/mol. The van der Waals surface area contributed by atoms with Crippen LogP contribution in [0.25, 0.3) is 0 Å². The lowest BCUT2D eigenvalue weighted by Crippen LogP contribution is -2.46. The Kier molecular flexibility index (Phi) is 6.74. The second kappa shape index (κ2) is 9.03. The average molecular weight is 409 g/mol. The molecule has 2 aromatic rings. The molecule has 0 aliphatic carbocycles. The van der Waals surface area contributed by atoms with Crippen LogP contribution >= 0.6 is 35.3 Å². The van der Waals surface area contributed by atoms with E-state index >= 15 is 0 Å². The summed E-state index contributed by atoms with van der Waals surface area (Å²) in [5, 5.41) is 4.66. The summed E-state index contributed by atoms with van der Waals surface area (Å²) in [7, 11) is 1.69. The minimum atomic E-state index is 0.763. The zero-order chi connectivity index (χ0) is 18.5. The van der Waals surface area contributed by atoms with Crippen molar-refractivity contribution in [3.63, 3.8) is 0 Å². The minimum absolute atomic E-state index is 0.763. The highest BCUT2D eigenvalue weighted by molar-refractivity contribution is 8.01. The second-order valence-electron chi connectivity index (χ2n) is 6.32. The molecule has 1 aliphatic heterocycles. The van der Waals surface area contributed by atoms with E-state index in [0.717, 1.165) is 58.2 Å². The van der Waals surface area contributed by atoms with E-state index in [-0.39, 0.29) is 0 Å². The number of anilines is 1. The van der Waals surface area contributed by atoms with Crippen LogP contribution < -0.4 is 9.64 Å². The number of nitrogens with zero attached hydrogens (tertiary/aromatic N) is 4. The number of methoxy groups -OCH3 is 1. The Morgan fingerprint density at radius 2 is 1.96 bits per heavy atom. The van der Waals surface area contributed by atoms with Crippen molar-refractivity contribution in [2.75, 3.05) is 43.9 Å². The van der Waals surface area contributed by atoms with Gasteiger partial charge in [-0.15, -0.1) is 0 Å². The van der Waals surface area contributed by atoms with Gasteiger partial charge >= 0.3 is 0 Å². The Labute approximate surface area is 168 Å². The first-order valence-electron chi connectivity index (χ1n) is 8.51. The zero-order valence-electron chi connectivity index (χ0n) is 15.2. The Balaban J connectivity index is 1.53. The van der Waals surface area contributed by atoms with Gasteiger partial charge in [-0.25, -0.2) is 4.68 Å². The molecule has 140 valence electrons. The number of ether oxygens (including phenoxy) is 1. The van der Waals surface area contributed by atoms with Crippen molar-refractivity contribution in [3.8, 4) is 5.75 Å². The molecule has 0 unspecified atom stereocenters. The highest BCUT2D eigenvalue weighted by atomic mass is 32.2. The molecule has 1 aliphatic rings. The normalized spacial score (nSPS) is 15.2. The molecule has 0 saturated carbocycles. The molecular formula is C18H24N4OS3. The molecule has 8 heteroatoms. The van der Waals surface area contributed by atoms with Gasteiger partial charge in [-0.1, -0.05) is 35.3 Å². The summed E-state index contributed by atoms with van der Waals surface area (Å²) in [5.41, 5.74) is 2.39. The molecule has 3 rings (SSSR count). The van der Waals surface area contributed by atoms with Crippen molar-refractivity contribution >= 4 is 41.0 Å². The van der Waals surface area contributed by atoms with E-state index in [0.29, 0.717) is 0 Å². The predicted molar refractivity (Wildman–Crippen MR) is 113 cm³/mol. The summed E-state index contributed by atoms with van der Waals surface area (Å²) < 4.78 is 9.04. The Morgan fingerprint density at radius 1 is 1.27 bits per heavy atom. The summed E-state index contributed by atoms with van der Waals surface area (Å²) in [6.45, 7) is 10.7. The average Bonchev–Trinajstić information content (AvgIpc) is 3.00. The van der Waals surface area contributed by atoms with Crippen LogP contribution in [0.3, 0.4) is 0 Å². The van der Waals surface area contributed by atoms with E-state index in [2.05, 4.69) is 33.6 Å². The zero-order valence-corrected chi connectivity index (χ0v) is 17.6. The molecule has 1 saturated heterocycles. The lowest BCUT2D eigenvalue weighted by atomic mass is 10.2. The van der Waals surface area contributed by atoms with Crippen LogP contribution in [0.2, 0.25) is 0 Å². The van der Waals surface area contributed by atoms with Gasteiger partial charge in [0.15, 0.2) is 8.29 Å². The highest BCUT2D eigenvalue weighted by Crippen LogP contribution is 2.24. The van der Waals surface area contributed by atoms with E-state index in [9.17, 15) is 0 Å². The van der Waals surface area contributed by atoms with E-state index in [4.69, 9.17) is 17.0 Å². The van der Waals surface area contributed by atoms with Crippen LogP contribution in [0.15, 0.2) is 40.8 Å². The van der Waals surface area contributed by atoms with Crippen molar-refractivity contribution in [2.45, 2.75) is 17.9 Å². The lowest BCUT2D eigenvalue weighted by Gasteiger charge is -2.35. The van der Waals surface area contributed by atoms with Gasteiger partial charge in [-0.2, -0.15) is 5.10 Å². The number of hydrogen-bond acceptors (Lipinski definition) is 7. The number of piperazine rings is 1. The first kappa shape index (κ1) is 19.4. The summed E-state index contributed by atoms with van der Waals surface area (Å²) in [6.07, 6.45) is 0.